The molecule has 6 heteroatoms. The molecule has 0 aromatic carbocycles. The van der Waals surface area contributed by atoms with E-state index >= 15 is 0 Å². The molecule has 1 rings (SSSR count). The van der Waals surface area contributed by atoms with Crippen LogP contribution in [0.2, 0.25) is 0 Å². The number of hydrogen-bond acceptors (Lipinski definition) is 4. The Bertz CT molecular complexity index is 431. The second-order valence-corrected chi connectivity index (χ2v) is 5.44. The first-order valence-corrected chi connectivity index (χ1v) is 5.57. The summed E-state index contributed by atoms with van der Waals surface area (Å²) in [6.45, 7) is 7.70. The molecule has 0 saturated carbocycles. The highest BCUT2D eigenvalue weighted by molar-refractivity contribution is 5.41. The van der Waals surface area contributed by atoms with Crippen LogP contribution in [0.4, 0.5) is 5.69 Å². The first kappa shape index (κ1) is 13.6. The fourth-order valence-electron chi connectivity index (χ4n) is 1.68. The second-order valence-electron chi connectivity index (χ2n) is 5.44. The standard InChI is InChI=1S/C11H20N4O2/c1-7-10(15(16)17)8(14(5)13-7)6-9(12)11(2,3)4/h9H,6,12H2,1-5H3. The van der Waals surface area contributed by atoms with Gasteiger partial charge in [0.2, 0.25) is 0 Å². The van der Waals surface area contributed by atoms with Crippen molar-refractivity contribution in [2.24, 2.45) is 18.2 Å². The Balaban J connectivity index is 3.10. The molecule has 0 saturated heterocycles. The van der Waals surface area contributed by atoms with Crippen LogP contribution in [-0.2, 0) is 13.5 Å². The maximum atomic E-state index is 11.0. The van der Waals surface area contributed by atoms with Crippen LogP contribution in [-0.4, -0.2) is 20.7 Å². The van der Waals surface area contributed by atoms with Gasteiger partial charge in [-0.25, -0.2) is 0 Å². The van der Waals surface area contributed by atoms with Crippen molar-refractivity contribution in [3.8, 4) is 0 Å². The highest BCUT2D eigenvalue weighted by Crippen LogP contribution is 2.27. The first-order chi connectivity index (χ1) is 7.64. The Morgan fingerprint density at radius 1 is 1.53 bits per heavy atom. The third kappa shape index (κ3) is 2.82. The van der Waals surface area contributed by atoms with Crippen LogP contribution < -0.4 is 5.73 Å². The van der Waals surface area contributed by atoms with Crippen molar-refractivity contribution in [3.63, 3.8) is 0 Å². The van der Waals surface area contributed by atoms with Crippen molar-refractivity contribution in [3.05, 3.63) is 21.5 Å². The van der Waals surface area contributed by atoms with Crippen LogP contribution in [0.1, 0.15) is 32.2 Å². The molecule has 0 aliphatic heterocycles. The molecule has 1 heterocycles. The van der Waals surface area contributed by atoms with Gasteiger partial charge >= 0.3 is 5.69 Å². The minimum Gasteiger partial charge on any atom is -0.327 e. The van der Waals surface area contributed by atoms with Gasteiger partial charge in [0.25, 0.3) is 0 Å². The highest BCUT2D eigenvalue weighted by atomic mass is 16.6. The Hall–Kier alpha value is -1.43. The van der Waals surface area contributed by atoms with Crippen LogP contribution in [0.25, 0.3) is 0 Å². The third-order valence-electron chi connectivity index (χ3n) is 3.01. The van der Waals surface area contributed by atoms with Gasteiger partial charge < -0.3 is 5.73 Å². The van der Waals surface area contributed by atoms with Gasteiger partial charge in [0, 0.05) is 19.5 Å². The van der Waals surface area contributed by atoms with E-state index in [0.29, 0.717) is 17.8 Å². The summed E-state index contributed by atoms with van der Waals surface area (Å²) < 4.78 is 1.55. The molecule has 1 unspecified atom stereocenters. The summed E-state index contributed by atoms with van der Waals surface area (Å²) in [4.78, 5) is 10.6. The lowest BCUT2D eigenvalue weighted by atomic mass is 9.84. The Morgan fingerprint density at radius 2 is 2.06 bits per heavy atom. The minimum absolute atomic E-state index is 0.0900. The molecule has 2 N–H and O–H groups in total. The van der Waals surface area contributed by atoms with Crippen LogP contribution in [0, 0.1) is 22.5 Å². The fraction of sp³-hybridized carbons (Fsp3) is 0.727. The SMILES string of the molecule is Cc1nn(C)c(CC(N)C(C)(C)C)c1[N+](=O)[O-]. The maximum Gasteiger partial charge on any atom is 0.313 e. The lowest BCUT2D eigenvalue weighted by Gasteiger charge is -2.26. The van der Waals surface area contributed by atoms with Gasteiger partial charge in [0.05, 0.1) is 4.92 Å². The fourth-order valence-corrected chi connectivity index (χ4v) is 1.68. The molecule has 0 aliphatic carbocycles. The highest BCUT2D eigenvalue weighted by Gasteiger charge is 2.29. The zero-order valence-electron chi connectivity index (χ0n) is 11.0. The molecule has 0 amide bonds. The maximum absolute atomic E-state index is 11.0. The van der Waals surface area contributed by atoms with E-state index in [2.05, 4.69) is 5.10 Å². The normalized spacial score (nSPS) is 13.8. The Kier molecular flexibility index (Phi) is 3.56. The molecule has 17 heavy (non-hydrogen) atoms. The summed E-state index contributed by atoms with van der Waals surface area (Å²) in [5.41, 5.74) is 7.10. The van der Waals surface area contributed by atoms with Gasteiger partial charge in [0.1, 0.15) is 11.4 Å². The average Bonchev–Trinajstić information content (AvgIpc) is 2.39. The number of aromatic nitrogens is 2. The number of nitrogens with two attached hydrogens (primary N) is 1. The third-order valence-corrected chi connectivity index (χ3v) is 3.01. The quantitative estimate of drug-likeness (QED) is 0.641. The summed E-state index contributed by atoms with van der Waals surface area (Å²) >= 11 is 0. The molecule has 0 spiro atoms. The summed E-state index contributed by atoms with van der Waals surface area (Å²) in [7, 11) is 1.71. The van der Waals surface area contributed by atoms with Crippen LogP contribution in [0.15, 0.2) is 0 Å². The summed E-state index contributed by atoms with van der Waals surface area (Å²) in [5, 5.41) is 15.1. The smallest absolute Gasteiger partial charge is 0.313 e. The van der Waals surface area contributed by atoms with Gasteiger partial charge in [-0.05, 0) is 12.3 Å². The van der Waals surface area contributed by atoms with Crippen molar-refractivity contribution >= 4 is 5.69 Å². The lowest BCUT2D eigenvalue weighted by molar-refractivity contribution is -0.386. The summed E-state index contributed by atoms with van der Waals surface area (Å²) in [6.07, 6.45) is 0.456. The number of aryl methyl sites for hydroxylation is 2. The second kappa shape index (κ2) is 4.44. The molecule has 0 fully saturated rings. The Labute approximate surface area is 101 Å². The Morgan fingerprint density at radius 3 is 2.47 bits per heavy atom. The molecule has 96 valence electrons. The number of nitro groups is 1. The predicted molar refractivity (Wildman–Crippen MR) is 65.7 cm³/mol. The molecule has 1 aromatic heterocycles. The van der Waals surface area contributed by atoms with Crippen LogP contribution in [0.3, 0.4) is 0 Å². The summed E-state index contributed by atoms with van der Waals surface area (Å²) in [5.74, 6) is 0. The lowest BCUT2D eigenvalue weighted by Crippen LogP contribution is -2.37. The molecular weight excluding hydrogens is 220 g/mol. The van der Waals surface area contributed by atoms with Crippen molar-refractivity contribution in [2.75, 3.05) is 0 Å². The minimum atomic E-state index is -0.382. The number of rotatable bonds is 3. The monoisotopic (exact) mass is 240 g/mol. The van der Waals surface area contributed by atoms with Gasteiger partial charge in [-0.2, -0.15) is 5.10 Å². The van der Waals surface area contributed by atoms with E-state index in [1.807, 2.05) is 20.8 Å². The summed E-state index contributed by atoms with van der Waals surface area (Å²) in [6, 6.07) is -0.143. The molecule has 1 atom stereocenters. The van der Waals surface area contributed by atoms with E-state index in [-0.39, 0.29) is 22.1 Å². The molecule has 6 nitrogen and oxygen atoms in total. The van der Waals surface area contributed by atoms with E-state index in [0.717, 1.165) is 0 Å². The zero-order chi connectivity index (χ0) is 13.4. The zero-order valence-corrected chi connectivity index (χ0v) is 11.0. The van der Waals surface area contributed by atoms with Crippen molar-refractivity contribution in [1.29, 1.82) is 0 Å². The van der Waals surface area contributed by atoms with E-state index in [1.165, 1.54) is 0 Å². The molecule has 0 radical (unpaired) electrons. The van der Waals surface area contributed by atoms with Crippen LogP contribution in [0.5, 0.6) is 0 Å². The van der Waals surface area contributed by atoms with Crippen LogP contribution >= 0.6 is 0 Å². The number of hydrogen-bond donors (Lipinski definition) is 1. The van der Waals surface area contributed by atoms with Gasteiger partial charge in [-0.1, -0.05) is 20.8 Å². The predicted octanol–water partition coefficient (Wildman–Crippen LogP) is 1.55. The topological polar surface area (TPSA) is 87.0 Å². The first-order valence-electron chi connectivity index (χ1n) is 5.57. The van der Waals surface area contributed by atoms with Gasteiger partial charge in [-0.3, -0.25) is 14.8 Å². The van der Waals surface area contributed by atoms with E-state index < -0.39 is 0 Å². The van der Waals surface area contributed by atoms with Crippen molar-refractivity contribution in [1.82, 2.24) is 9.78 Å². The number of nitrogens with zero attached hydrogens (tertiary/aromatic N) is 3. The molecule has 1 aromatic rings. The average molecular weight is 240 g/mol. The van der Waals surface area contributed by atoms with E-state index in [4.69, 9.17) is 5.73 Å². The molecule has 0 aliphatic rings. The molecule has 0 bridgehead atoms. The largest absolute Gasteiger partial charge is 0.327 e. The van der Waals surface area contributed by atoms with E-state index in [9.17, 15) is 10.1 Å². The molecular formula is C11H20N4O2. The van der Waals surface area contributed by atoms with Crippen molar-refractivity contribution in [2.45, 2.75) is 40.2 Å². The van der Waals surface area contributed by atoms with E-state index in [1.54, 1.807) is 18.7 Å². The van der Waals surface area contributed by atoms with Crippen molar-refractivity contribution < 1.29 is 4.92 Å². The van der Waals surface area contributed by atoms with Gasteiger partial charge in [-0.15, -0.1) is 0 Å². The van der Waals surface area contributed by atoms with Gasteiger partial charge in [0.15, 0.2) is 0 Å².